The van der Waals surface area contributed by atoms with Gasteiger partial charge in [-0.2, -0.15) is 0 Å². The number of rotatable bonds is 5. The van der Waals surface area contributed by atoms with Crippen molar-refractivity contribution in [3.05, 3.63) is 34.7 Å². The van der Waals surface area contributed by atoms with Crippen LogP contribution >= 0.6 is 11.3 Å². The molecule has 0 atom stereocenters. The fraction of sp³-hybridized carbons (Fsp3) is 0.591. The van der Waals surface area contributed by atoms with Crippen LogP contribution in [0, 0.1) is 11.3 Å². The van der Waals surface area contributed by atoms with Crippen LogP contribution in [-0.4, -0.2) is 30.3 Å². The number of fused-ring (bicyclic) bond motifs is 1. The lowest BCUT2D eigenvalue weighted by molar-refractivity contribution is -0.0228. The van der Waals surface area contributed by atoms with Crippen LogP contribution in [0.15, 0.2) is 24.3 Å². The second kappa shape index (κ2) is 7.90. The van der Waals surface area contributed by atoms with Crippen LogP contribution in [0.1, 0.15) is 61.7 Å². The summed E-state index contributed by atoms with van der Waals surface area (Å²) in [4.78, 5) is 13.5. The average molecular weight is 390 g/mol. The maximum absolute atomic E-state index is 12.9. The summed E-state index contributed by atoms with van der Waals surface area (Å²) >= 11 is 1.49. The Balaban J connectivity index is 1.68. The van der Waals surface area contributed by atoms with Gasteiger partial charge >= 0.3 is 0 Å². The number of benzene rings is 1. The average Bonchev–Trinajstić information content (AvgIpc) is 2.99. The number of carbonyl (C=O) groups is 1. The van der Waals surface area contributed by atoms with Crippen molar-refractivity contribution < 1.29 is 14.6 Å². The van der Waals surface area contributed by atoms with Crippen molar-refractivity contribution in [2.75, 3.05) is 13.7 Å². The minimum atomic E-state index is -0.796. The van der Waals surface area contributed by atoms with Gasteiger partial charge in [-0.05, 0) is 48.5 Å². The largest absolute Gasteiger partial charge is 0.388 e. The molecule has 1 amide bonds. The lowest BCUT2D eigenvalue weighted by Crippen LogP contribution is -2.46. The van der Waals surface area contributed by atoms with Gasteiger partial charge < -0.3 is 15.2 Å². The minimum absolute atomic E-state index is 0.116. The van der Waals surface area contributed by atoms with E-state index in [4.69, 9.17) is 4.74 Å². The first kappa shape index (κ1) is 20.3. The van der Waals surface area contributed by atoms with Crippen LogP contribution < -0.4 is 5.32 Å². The molecule has 1 aliphatic rings. The van der Waals surface area contributed by atoms with E-state index in [0.717, 1.165) is 41.3 Å². The molecule has 2 N–H and O–H groups in total. The first-order valence-electron chi connectivity index (χ1n) is 9.73. The van der Waals surface area contributed by atoms with Gasteiger partial charge in [-0.25, -0.2) is 0 Å². The second-order valence-electron chi connectivity index (χ2n) is 8.89. The summed E-state index contributed by atoms with van der Waals surface area (Å²) < 4.78 is 6.40. The maximum atomic E-state index is 12.9. The molecule has 1 aromatic heterocycles. The topological polar surface area (TPSA) is 58.6 Å². The molecule has 1 aliphatic carbocycles. The minimum Gasteiger partial charge on any atom is -0.388 e. The summed E-state index contributed by atoms with van der Waals surface area (Å²) in [6.45, 7) is 7.52. The van der Waals surface area contributed by atoms with Crippen molar-refractivity contribution in [3.63, 3.8) is 0 Å². The van der Waals surface area contributed by atoms with Gasteiger partial charge in [0.15, 0.2) is 0 Å². The third-order valence-electron chi connectivity index (χ3n) is 5.91. The molecule has 0 radical (unpaired) electrons. The van der Waals surface area contributed by atoms with E-state index in [1.165, 1.54) is 11.3 Å². The Kier molecular flexibility index (Phi) is 5.94. The van der Waals surface area contributed by atoms with Crippen molar-refractivity contribution >= 4 is 27.3 Å². The normalized spacial score (nSPS) is 23.5. The van der Waals surface area contributed by atoms with E-state index in [0.29, 0.717) is 23.9 Å². The van der Waals surface area contributed by atoms with Gasteiger partial charge in [0.25, 0.3) is 5.91 Å². The molecule has 0 bridgehead atoms. The molecule has 148 valence electrons. The summed E-state index contributed by atoms with van der Waals surface area (Å²) in [5.41, 5.74) is 0.408. The summed E-state index contributed by atoms with van der Waals surface area (Å²) in [7, 11) is 1.64. The van der Waals surface area contributed by atoms with Crippen LogP contribution in [0.4, 0.5) is 0 Å². The smallest absolute Gasteiger partial charge is 0.261 e. The van der Waals surface area contributed by atoms with E-state index in [9.17, 15) is 9.90 Å². The van der Waals surface area contributed by atoms with E-state index in [1.807, 2.05) is 24.3 Å². The Hall–Kier alpha value is -1.43. The van der Waals surface area contributed by atoms with E-state index in [-0.39, 0.29) is 11.3 Å². The van der Waals surface area contributed by atoms with Crippen LogP contribution in [0.5, 0.6) is 0 Å². The fourth-order valence-electron chi connectivity index (χ4n) is 4.09. The molecule has 5 heteroatoms. The van der Waals surface area contributed by atoms with Crippen molar-refractivity contribution in [3.8, 4) is 0 Å². The zero-order chi connectivity index (χ0) is 19.7. The quantitative estimate of drug-likeness (QED) is 0.776. The summed E-state index contributed by atoms with van der Waals surface area (Å²) in [5, 5.41) is 15.0. The van der Waals surface area contributed by atoms with Crippen molar-refractivity contribution in [1.29, 1.82) is 0 Å². The Morgan fingerprint density at radius 3 is 2.59 bits per heavy atom. The molecule has 1 fully saturated rings. The van der Waals surface area contributed by atoms with Gasteiger partial charge in [-0.15, -0.1) is 11.3 Å². The zero-order valence-corrected chi connectivity index (χ0v) is 17.6. The second-order valence-corrected chi connectivity index (χ2v) is 9.94. The Bertz CT molecular complexity index is 797. The van der Waals surface area contributed by atoms with E-state index in [1.54, 1.807) is 7.11 Å². The zero-order valence-electron chi connectivity index (χ0n) is 16.8. The summed E-state index contributed by atoms with van der Waals surface area (Å²) in [5.74, 6) is 0.513. The monoisotopic (exact) mass is 389 g/mol. The van der Waals surface area contributed by atoms with Crippen LogP contribution in [0.3, 0.4) is 0 Å². The molecule has 1 saturated carbocycles. The third kappa shape index (κ3) is 4.53. The number of methoxy groups -OCH3 is 1. The fourth-order valence-corrected chi connectivity index (χ4v) is 5.22. The van der Waals surface area contributed by atoms with Gasteiger partial charge in [0.2, 0.25) is 0 Å². The maximum Gasteiger partial charge on any atom is 0.261 e. The SMILES string of the molecule is COCc1c(C(=O)NCC2(O)CCC(C(C)(C)C)CC2)sc2ccccc12. The molecule has 3 rings (SSSR count). The molecule has 2 aromatic rings. The highest BCUT2D eigenvalue weighted by atomic mass is 32.1. The Labute approximate surface area is 165 Å². The number of thiophene rings is 1. The molecule has 0 aliphatic heterocycles. The number of carbonyl (C=O) groups excluding carboxylic acids is 1. The standard InChI is InChI=1S/C22H31NO3S/c1-21(2,3)15-9-11-22(25,12-10-15)14-23-20(24)19-17(13-26-4)16-7-5-6-8-18(16)27-19/h5-8,15,25H,9-14H2,1-4H3,(H,23,24). The predicted octanol–water partition coefficient (Wildman–Crippen LogP) is 4.74. The number of hydrogen-bond acceptors (Lipinski definition) is 4. The molecule has 0 unspecified atom stereocenters. The summed E-state index contributed by atoms with van der Waals surface area (Å²) in [6.07, 6.45) is 3.50. The molecular weight excluding hydrogens is 358 g/mol. The lowest BCUT2D eigenvalue weighted by Gasteiger charge is -2.41. The third-order valence-corrected chi connectivity index (χ3v) is 7.12. The number of aliphatic hydroxyl groups is 1. The molecule has 1 heterocycles. The van der Waals surface area contributed by atoms with Crippen molar-refractivity contribution in [2.24, 2.45) is 11.3 Å². The molecule has 0 saturated heterocycles. The molecule has 4 nitrogen and oxygen atoms in total. The van der Waals surface area contributed by atoms with Gasteiger partial charge in [0.05, 0.1) is 17.1 Å². The summed E-state index contributed by atoms with van der Waals surface area (Å²) in [6, 6.07) is 8.01. The van der Waals surface area contributed by atoms with Crippen molar-refractivity contribution in [2.45, 2.75) is 58.7 Å². The molecule has 1 aromatic carbocycles. The van der Waals surface area contributed by atoms with Crippen LogP contribution in [0.25, 0.3) is 10.1 Å². The highest BCUT2D eigenvalue weighted by molar-refractivity contribution is 7.21. The Morgan fingerprint density at radius 2 is 1.96 bits per heavy atom. The van der Waals surface area contributed by atoms with E-state index >= 15 is 0 Å². The number of nitrogens with one attached hydrogen (secondary N) is 1. The first-order valence-corrected chi connectivity index (χ1v) is 10.5. The first-order chi connectivity index (χ1) is 12.7. The number of ether oxygens (including phenoxy) is 1. The van der Waals surface area contributed by atoms with Crippen LogP contribution in [-0.2, 0) is 11.3 Å². The van der Waals surface area contributed by atoms with Gasteiger partial charge in [-0.1, -0.05) is 39.0 Å². The van der Waals surface area contributed by atoms with E-state index in [2.05, 4.69) is 26.1 Å². The number of amides is 1. The molecular formula is C22H31NO3S. The highest BCUT2D eigenvalue weighted by Crippen LogP contribution is 2.41. The van der Waals surface area contributed by atoms with Crippen LogP contribution in [0.2, 0.25) is 0 Å². The van der Waals surface area contributed by atoms with Gasteiger partial charge in [0, 0.05) is 23.9 Å². The molecule has 0 spiro atoms. The molecule has 27 heavy (non-hydrogen) atoms. The Morgan fingerprint density at radius 1 is 1.30 bits per heavy atom. The van der Waals surface area contributed by atoms with Gasteiger partial charge in [-0.3, -0.25) is 4.79 Å². The highest BCUT2D eigenvalue weighted by Gasteiger charge is 2.37. The van der Waals surface area contributed by atoms with E-state index < -0.39 is 5.60 Å². The predicted molar refractivity (Wildman–Crippen MR) is 111 cm³/mol. The van der Waals surface area contributed by atoms with Gasteiger partial charge in [0.1, 0.15) is 0 Å². The van der Waals surface area contributed by atoms with Crippen molar-refractivity contribution in [1.82, 2.24) is 5.32 Å². The number of hydrogen-bond donors (Lipinski definition) is 2. The lowest BCUT2D eigenvalue weighted by atomic mass is 9.68.